The van der Waals surface area contributed by atoms with E-state index >= 15 is 0 Å². The molecule has 0 bridgehead atoms. The highest BCUT2D eigenvalue weighted by atomic mass is 16.5. The highest BCUT2D eigenvalue weighted by Crippen LogP contribution is 2.13. The highest BCUT2D eigenvalue weighted by molar-refractivity contribution is 5.76. The Hall–Kier alpha value is -2.43. The topological polar surface area (TPSA) is 49.8 Å². The van der Waals surface area contributed by atoms with Crippen molar-refractivity contribution in [3.63, 3.8) is 0 Å². The quantitative estimate of drug-likeness (QED) is 0.563. The number of benzene rings is 2. The lowest BCUT2D eigenvalue weighted by molar-refractivity contribution is -0.153. The zero-order valence-electron chi connectivity index (χ0n) is 14.6. The molecule has 0 aliphatic heterocycles. The monoisotopic (exact) mass is 339 g/mol. The first kappa shape index (κ1) is 18.9. The van der Waals surface area contributed by atoms with E-state index in [2.05, 4.69) is 6.58 Å². The van der Waals surface area contributed by atoms with Gasteiger partial charge in [0.1, 0.15) is 12.6 Å². The molecule has 132 valence electrons. The van der Waals surface area contributed by atoms with Gasteiger partial charge in [0, 0.05) is 13.1 Å². The highest BCUT2D eigenvalue weighted by Gasteiger charge is 2.27. The molecule has 1 atom stereocenters. The summed E-state index contributed by atoms with van der Waals surface area (Å²) in [6.45, 7) is 6.79. The van der Waals surface area contributed by atoms with Crippen molar-refractivity contribution in [2.24, 2.45) is 0 Å². The fraction of sp³-hybridized carbons (Fsp3) is 0.286. The van der Waals surface area contributed by atoms with Gasteiger partial charge in [-0.3, -0.25) is 9.69 Å². The van der Waals surface area contributed by atoms with E-state index in [-0.39, 0.29) is 13.2 Å². The van der Waals surface area contributed by atoms with Gasteiger partial charge in [0.15, 0.2) is 0 Å². The van der Waals surface area contributed by atoms with E-state index in [0.29, 0.717) is 13.1 Å². The van der Waals surface area contributed by atoms with Crippen LogP contribution in [0.15, 0.2) is 72.8 Å². The largest absolute Gasteiger partial charge is 0.460 e. The molecular weight excluding hydrogens is 314 g/mol. The summed E-state index contributed by atoms with van der Waals surface area (Å²) in [4.78, 5) is 14.4. The zero-order valence-corrected chi connectivity index (χ0v) is 14.6. The minimum atomic E-state index is -0.722. The Morgan fingerprint density at radius 3 is 2.16 bits per heavy atom. The van der Waals surface area contributed by atoms with E-state index in [0.717, 1.165) is 16.7 Å². The first-order chi connectivity index (χ1) is 12.1. The van der Waals surface area contributed by atoms with Crippen LogP contribution in [0, 0.1) is 0 Å². The molecule has 2 rings (SSSR count). The third-order valence-corrected chi connectivity index (χ3v) is 3.81. The van der Waals surface area contributed by atoms with Crippen LogP contribution in [-0.4, -0.2) is 35.2 Å². The molecule has 0 fully saturated rings. The Labute approximate surface area is 149 Å². The second-order valence-electron chi connectivity index (χ2n) is 6.14. The second-order valence-corrected chi connectivity index (χ2v) is 6.14. The molecule has 0 saturated carbocycles. The molecule has 0 aliphatic carbocycles. The fourth-order valence-corrected chi connectivity index (χ4v) is 2.60. The molecule has 1 N–H and O–H groups in total. The van der Waals surface area contributed by atoms with E-state index in [4.69, 9.17) is 4.74 Å². The second kappa shape index (κ2) is 9.77. The fourth-order valence-electron chi connectivity index (χ4n) is 2.60. The molecule has 2 aromatic carbocycles. The van der Waals surface area contributed by atoms with Crippen LogP contribution in [0.2, 0.25) is 0 Å². The van der Waals surface area contributed by atoms with E-state index in [1.807, 2.05) is 72.5 Å². The van der Waals surface area contributed by atoms with Gasteiger partial charge in [-0.1, -0.05) is 72.8 Å². The lowest BCUT2D eigenvalue weighted by Gasteiger charge is -2.29. The lowest BCUT2D eigenvalue weighted by Crippen LogP contribution is -2.45. The SMILES string of the molecule is C=C(C)CN(Cc1ccccc1)[C@@H](CO)C(=O)OCc1ccccc1. The van der Waals surface area contributed by atoms with Crippen LogP contribution >= 0.6 is 0 Å². The van der Waals surface area contributed by atoms with Crippen LogP contribution in [0.4, 0.5) is 0 Å². The Bertz CT molecular complexity index is 670. The number of rotatable bonds is 9. The van der Waals surface area contributed by atoms with E-state index in [9.17, 15) is 9.90 Å². The average molecular weight is 339 g/mol. The normalized spacial score (nSPS) is 12.0. The summed E-state index contributed by atoms with van der Waals surface area (Å²) in [7, 11) is 0. The number of hydrogen-bond donors (Lipinski definition) is 1. The van der Waals surface area contributed by atoms with Crippen LogP contribution in [0.1, 0.15) is 18.1 Å². The van der Waals surface area contributed by atoms with Gasteiger partial charge >= 0.3 is 5.97 Å². The number of ether oxygens (including phenoxy) is 1. The molecule has 0 spiro atoms. The van der Waals surface area contributed by atoms with Gasteiger partial charge in [-0.15, -0.1) is 0 Å². The number of nitrogens with zero attached hydrogens (tertiary/aromatic N) is 1. The predicted molar refractivity (Wildman–Crippen MR) is 98.8 cm³/mol. The van der Waals surface area contributed by atoms with E-state index in [1.165, 1.54) is 0 Å². The maximum absolute atomic E-state index is 12.5. The number of aliphatic hydroxyl groups is 1. The Balaban J connectivity index is 2.05. The third kappa shape index (κ3) is 6.18. The predicted octanol–water partition coefficient (Wildman–Crippen LogP) is 3.17. The molecule has 4 heteroatoms. The van der Waals surface area contributed by atoms with Gasteiger partial charge in [0.05, 0.1) is 6.61 Å². The standard InChI is InChI=1S/C21H25NO3/c1-17(2)13-22(14-18-9-5-3-6-10-18)20(15-23)21(24)25-16-19-11-7-4-8-12-19/h3-12,20,23H,1,13-16H2,2H3/t20-/m0/s1. The number of carbonyl (C=O) groups excluding carboxylic acids is 1. The molecular formula is C21H25NO3. The molecule has 2 aromatic rings. The molecule has 4 nitrogen and oxygen atoms in total. The van der Waals surface area contributed by atoms with Crippen LogP contribution in [0.3, 0.4) is 0 Å². The van der Waals surface area contributed by atoms with Crippen molar-refractivity contribution >= 4 is 5.97 Å². The van der Waals surface area contributed by atoms with Crippen molar-refractivity contribution in [2.75, 3.05) is 13.2 Å². The van der Waals surface area contributed by atoms with Crippen LogP contribution in [-0.2, 0) is 22.7 Å². The number of esters is 1. The molecule has 0 amide bonds. The maximum Gasteiger partial charge on any atom is 0.326 e. The minimum absolute atomic E-state index is 0.197. The summed E-state index contributed by atoms with van der Waals surface area (Å²) in [5.74, 6) is -0.427. The smallest absolute Gasteiger partial charge is 0.326 e. The summed E-state index contributed by atoms with van der Waals surface area (Å²) >= 11 is 0. The summed E-state index contributed by atoms with van der Waals surface area (Å²) in [5, 5.41) is 9.78. The number of aliphatic hydroxyl groups excluding tert-OH is 1. The number of hydrogen-bond acceptors (Lipinski definition) is 4. The molecule has 0 aromatic heterocycles. The molecule has 0 aliphatic rings. The average Bonchev–Trinajstić information content (AvgIpc) is 2.62. The molecule has 0 saturated heterocycles. The number of carbonyl (C=O) groups is 1. The molecule has 0 unspecified atom stereocenters. The minimum Gasteiger partial charge on any atom is -0.460 e. The van der Waals surface area contributed by atoms with E-state index in [1.54, 1.807) is 0 Å². The van der Waals surface area contributed by atoms with Gasteiger partial charge in [0.2, 0.25) is 0 Å². The molecule has 25 heavy (non-hydrogen) atoms. The van der Waals surface area contributed by atoms with Crippen molar-refractivity contribution in [2.45, 2.75) is 26.1 Å². The van der Waals surface area contributed by atoms with Crippen molar-refractivity contribution < 1.29 is 14.6 Å². The Morgan fingerprint density at radius 2 is 1.64 bits per heavy atom. The first-order valence-corrected chi connectivity index (χ1v) is 8.34. The third-order valence-electron chi connectivity index (χ3n) is 3.81. The Kier molecular flexibility index (Phi) is 7.38. The van der Waals surface area contributed by atoms with Crippen molar-refractivity contribution in [1.29, 1.82) is 0 Å². The molecule has 0 heterocycles. The summed E-state index contributed by atoms with van der Waals surface area (Å²) in [6, 6.07) is 18.6. The van der Waals surface area contributed by atoms with Gasteiger partial charge in [-0.05, 0) is 18.1 Å². The van der Waals surface area contributed by atoms with Crippen molar-refractivity contribution in [1.82, 2.24) is 4.90 Å². The van der Waals surface area contributed by atoms with Gasteiger partial charge < -0.3 is 9.84 Å². The first-order valence-electron chi connectivity index (χ1n) is 8.34. The van der Waals surface area contributed by atoms with Crippen molar-refractivity contribution in [3.8, 4) is 0 Å². The zero-order chi connectivity index (χ0) is 18.1. The van der Waals surface area contributed by atoms with Crippen molar-refractivity contribution in [3.05, 3.63) is 83.9 Å². The summed E-state index contributed by atoms with van der Waals surface area (Å²) in [6.07, 6.45) is 0. The van der Waals surface area contributed by atoms with Crippen LogP contribution < -0.4 is 0 Å². The van der Waals surface area contributed by atoms with Gasteiger partial charge in [0.25, 0.3) is 0 Å². The Morgan fingerprint density at radius 1 is 1.08 bits per heavy atom. The van der Waals surface area contributed by atoms with Crippen LogP contribution in [0.5, 0.6) is 0 Å². The van der Waals surface area contributed by atoms with Gasteiger partial charge in [-0.25, -0.2) is 0 Å². The summed E-state index contributed by atoms with van der Waals surface area (Å²) in [5.41, 5.74) is 2.91. The lowest BCUT2D eigenvalue weighted by atomic mass is 10.1. The van der Waals surface area contributed by atoms with Crippen LogP contribution in [0.25, 0.3) is 0 Å². The molecule has 0 radical (unpaired) electrons. The van der Waals surface area contributed by atoms with E-state index < -0.39 is 12.0 Å². The summed E-state index contributed by atoms with van der Waals surface area (Å²) < 4.78 is 5.41. The van der Waals surface area contributed by atoms with Gasteiger partial charge in [-0.2, -0.15) is 0 Å². The maximum atomic E-state index is 12.5.